The Labute approximate surface area is 488 Å². The molecule has 0 aromatic heterocycles. The van der Waals surface area contributed by atoms with Gasteiger partial charge in [-0.15, -0.1) is 0 Å². The molecule has 0 amide bonds. The molecule has 0 aliphatic rings. The Hall–Kier alpha value is -10.1. The van der Waals surface area contributed by atoms with Gasteiger partial charge in [-0.25, -0.2) is 0 Å². The van der Waals surface area contributed by atoms with Crippen molar-refractivity contribution in [1.29, 1.82) is 0 Å². The molecule has 0 saturated carbocycles. The fourth-order valence-corrected chi connectivity index (χ4v) is 17.8. The van der Waals surface area contributed by atoms with Crippen LogP contribution in [0.3, 0.4) is 0 Å². The molecule has 0 aliphatic heterocycles. The average Bonchev–Trinajstić information content (AvgIpc) is 2.21. The second-order valence-corrected chi connectivity index (χ2v) is 26.1. The Bertz CT molecular complexity index is 4140. The van der Waals surface area contributed by atoms with Crippen molar-refractivity contribution in [3.8, 4) is 22.3 Å². The molecular formula is C80H62N2Si. The molecular weight excluding hydrogens is 1020 g/mol. The smallest absolute Gasteiger partial charge is 0.179 e. The molecule has 3 heteroatoms. The zero-order valence-corrected chi connectivity index (χ0v) is 48.3. The first-order chi connectivity index (χ1) is 40.8. The lowest BCUT2D eigenvalue weighted by atomic mass is 9.90. The molecule has 0 unspecified atom stereocenters. The van der Waals surface area contributed by atoms with Crippen LogP contribution >= 0.6 is 0 Å². The van der Waals surface area contributed by atoms with Gasteiger partial charge in [-0.3, -0.25) is 0 Å². The summed E-state index contributed by atoms with van der Waals surface area (Å²) in [5, 5.41) is 15.0. The highest BCUT2D eigenvalue weighted by Crippen LogP contribution is 2.50. The second-order valence-electron chi connectivity index (χ2n) is 22.3. The third-order valence-electron chi connectivity index (χ3n) is 17.0. The summed E-state index contributed by atoms with van der Waals surface area (Å²) in [4.78, 5) is 4.90. The number of anilines is 6. The van der Waals surface area contributed by atoms with Gasteiger partial charge in [0.2, 0.25) is 0 Å². The van der Waals surface area contributed by atoms with E-state index >= 15 is 0 Å². The van der Waals surface area contributed by atoms with Crippen molar-refractivity contribution in [3.63, 3.8) is 0 Å². The number of benzene rings is 14. The summed E-state index contributed by atoms with van der Waals surface area (Å²) in [7, 11) is -2.99. The average molecular weight is 1080 g/mol. The predicted molar refractivity (Wildman–Crippen MR) is 359 cm³/mol. The Morgan fingerprint density at radius 2 is 0.422 bits per heavy atom. The van der Waals surface area contributed by atoms with Crippen LogP contribution in [0.1, 0.15) is 22.3 Å². The highest BCUT2D eigenvalue weighted by molar-refractivity contribution is 7.19. The van der Waals surface area contributed by atoms with Crippen molar-refractivity contribution in [2.75, 3.05) is 9.80 Å². The maximum Gasteiger partial charge on any atom is 0.179 e. The van der Waals surface area contributed by atoms with E-state index < -0.39 is 8.07 Å². The van der Waals surface area contributed by atoms with Crippen molar-refractivity contribution < 1.29 is 0 Å². The third kappa shape index (κ3) is 8.98. The first kappa shape index (κ1) is 51.1. The topological polar surface area (TPSA) is 6.48 Å². The summed E-state index contributed by atoms with van der Waals surface area (Å²) < 4.78 is 0. The van der Waals surface area contributed by atoms with E-state index in [1.54, 1.807) is 0 Å². The largest absolute Gasteiger partial charge is 0.309 e. The molecule has 2 nitrogen and oxygen atoms in total. The van der Waals surface area contributed by atoms with Gasteiger partial charge in [0.15, 0.2) is 8.07 Å². The molecule has 0 spiro atoms. The number of fused-ring (bicyclic) bond motifs is 4. The van der Waals surface area contributed by atoms with Crippen LogP contribution in [0.25, 0.3) is 65.3 Å². The Morgan fingerprint density at radius 3 is 0.675 bits per heavy atom. The summed E-state index contributed by atoms with van der Waals surface area (Å²) in [5.41, 5.74) is 16.7. The number of hydrogen-bond donors (Lipinski definition) is 0. The molecule has 396 valence electrons. The van der Waals surface area contributed by atoms with Gasteiger partial charge in [0.25, 0.3) is 0 Å². The minimum Gasteiger partial charge on any atom is -0.309 e. The molecule has 0 radical (unpaired) electrons. The van der Waals surface area contributed by atoms with E-state index in [1.807, 2.05) is 0 Å². The number of hydrogen-bond acceptors (Lipinski definition) is 2. The maximum absolute atomic E-state index is 2.99. The summed E-state index contributed by atoms with van der Waals surface area (Å²) in [6.07, 6.45) is 0. The highest BCUT2D eigenvalue weighted by Gasteiger charge is 2.41. The van der Waals surface area contributed by atoms with Crippen LogP contribution in [0.5, 0.6) is 0 Å². The van der Waals surface area contributed by atoms with E-state index in [0.717, 1.165) is 22.7 Å². The summed E-state index contributed by atoms with van der Waals surface area (Å²) in [6.45, 7) is 8.63. The van der Waals surface area contributed by atoms with Crippen molar-refractivity contribution in [1.82, 2.24) is 0 Å². The third-order valence-corrected chi connectivity index (χ3v) is 21.8. The van der Waals surface area contributed by atoms with E-state index in [9.17, 15) is 0 Å². The van der Waals surface area contributed by atoms with Crippen molar-refractivity contribution >= 4 is 106 Å². The quantitative estimate of drug-likeness (QED) is 0.0683. The lowest BCUT2D eigenvalue weighted by molar-refractivity contribution is 1.29. The van der Waals surface area contributed by atoms with Gasteiger partial charge >= 0.3 is 0 Å². The van der Waals surface area contributed by atoms with E-state index in [1.165, 1.54) is 120 Å². The summed E-state index contributed by atoms with van der Waals surface area (Å²) in [6, 6.07) is 114. The lowest BCUT2D eigenvalue weighted by Crippen LogP contribution is -2.74. The van der Waals surface area contributed by atoms with Crippen LogP contribution in [0, 0.1) is 27.7 Å². The zero-order valence-electron chi connectivity index (χ0n) is 47.3. The SMILES string of the molecule is Cc1ccc(N(c2ccc(C)cc2)c2c3ccccc3c(-c3ccc([Si](c4ccccc4)(c4ccccc4)c4ccc(-c5c6ccccc6c(N(c6ccc(C)cc6)c6ccc(C)cc6)c6ccccc56)cc4)cc3)c3ccccc23)cc1. The van der Waals surface area contributed by atoms with Gasteiger partial charge in [-0.2, -0.15) is 0 Å². The van der Waals surface area contributed by atoms with E-state index in [4.69, 9.17) is 0 Å². The maximum atomic E-state index is 2.45. The van der Waals surface area contributed by atoms with Crippen LogP contribution in [-0.2, 0) is 0 Å². The molecule has 14 rings (SSSR count). The van der Waals surface area contributed by atoms with Crippen LogP contribution in [0.4, 0.5) is 34.1 Å². The molecule has 0 atom stereocenters. The first-order valence-electron chi connectivity index (χ1n) is 28.9. The number of rotatable bonds is 12. The first-order valence-corrected chi connectivity index (χ1v) is 30.9. The molecule has 0 N–H and O–H groups in total. The Morgan fingerprint density at radius 1 is 0.205 bits per heavy atom. The number of nitrogens with zero attached hydrogens (tertiary/aromatic N) is 2. The molecule has 0 heterocycles. The van der Waals surface area contributed by atoms with Crippen LogP contribution < -0.4 is 30.5 Å². The van der Waals surface area contributed by atoms with Gasteiger partial charge < -0.3 is 9.80 Å². The molecule has 83 heavy (non-hydrogen) atoms. The fourth-order valence-electron chi connectivity index (χ4n) is 13.1. The predicted octanol–water partition coefficient (Wildman–Crippen LogP) is 19.2. The number of aryl methyl sites for hydroxylation is 4. The fraction of sp³-hybridized carbons (Fsp3) is 0.0500. The van der Waals surface area contributed by atoms with Gasteiger partial charge in [0.05, 0.1) is 11.4 Å². The molecule has 0 fully saturated rings. The highest BCUT2D eigenvalue weighted by atomic mass is 28.3. The van der Waals surface area contributed by atoms with Gasteiger partial charge in [0, 0.05) is 44.3 Å². The Kier molecular flexibility index (Phi) is 13.2. The van der Waals surface area contributed by atoms with E-state index in [2.05, 4.69) is 341 Å². The second kappa shape index (κ2) is 21.4. The molecule has 0 bridgehead atoms. The lowest BCUT2D eigenvalue weighted by Gasteiger charge is -2.35. The van der Waals surface area contributed by atoms with Crippen molar-refractivity contribution in [2.45, 2.75) is 27.7 Å². The van der Waals surface area contributed by atoms with Gasteiger partial charge in [-0.05, 0) is 141 Å². The zero-order chi connectivity index (χ0) is 56.0. The van der Waals surface area contributed by atoms with Crippen molar-refractivity contribution in [3.05, 3.63) is 326 Å². The molecule has 14 aromatic carbocycles. The Balaban J connectivity index is 0.943. The van der Waals surface area contributed by atoms with E-state index in [-0.39, 0.29) is 0 Å². The monoisotopic (exact) mass is 1080 g/mol. The van der Waals surface area contributed by atoms with Crippen LogP contribution in [-0.4, -0.2) is 8.07 Å². The molecule has 0 aliphatic carbocycles. The summed E-state index contributed by atoms with van der Waals surface area (Å²) >= 11 is 0. The molecule has 14 aromatic rings. The van der Waals surface area contributed by atoms with Gasteiger partial charge in [-0.1, -0.05) is 277 Å². The minimum atomic E-state index is -2.99. The van der Waals surface area contributed by atoms with Gasteiger partial charge in [0.1, 0.15) is 0 Å². The summed E-state index contributed by atoms with van der Waals surface area (Å²) in [5.74, 6) is 0. The van der Waals surface area contributed by atoms with Crippen LogP contribution in [0.15, 0.2) is 303 Å². The standard InChI is InChI=1S/C80H62N2Si/c1-55-31-43-61(44-32-55)81(62-45-33-56(2)34-46-62)79-73-27-15-11-23-69(73)77(70-24-12-16-28-74(70)79)59-39-51-67(52-40-59)83(65-19-7-5-8-20-65,66-21-9-6-10-22-66)68-53-41-60(42-54-68)78-71-25-13-17-29-75(71)80(76-30-18-14-26-72(76)78)82(63-47-35-57(3)36-48-63)64-49-37-58(4)38-50-64/h5-54H,1-4H3. The van der Waals surface area contributed by atoms with E-state index in [0.29, 0.717) is 0 Å². The minimum absolute atomic E-state index is 1.13. The van der Waals surface area contributed by atoms with Crippen molar-refractivity contribution in [2.24, 2.45) is 0 Å². The van der Waals surface area contributed by atoms with Crippen LogP contribution in [0.2, 0.25) is 0 Å². The molecule has 0 saturated heterocycles. The normalized spacial score (nSPS) is 11.6.